The Hall–Kier alpha value is -1.47. The van der Waals surface area contributed by atoms with Crippen molar-refractivity contribution in [2.75, 3.05) is 5.32 Å². The van der Waals surface area contributed by atoms with Gasteiger partial charge in [0, 0.05) is 4.47 Å². The van der Waals surface area contributed by atoms with E-state index in [2.05, 4.69) is 36.8 Å². The van der Waals surface area contributed by atoms with Gasteiger partial charge in [-0.2, -0.15) is 0 Å². The molecule has 19 heavy (non-hydrogen) atoms. The van der Waals surface area contributed by atoms with Crippen LogP contribution in [0.25, 0.3) is 0 Å². The van der Waals surface area contributed by atoms with Crippen molar-refractivity contribution < 1.29 is 4.79 Å². The number of benzene rings is 1. The number of nitrogens with one attached hydrogen (secondary N) is 2. The molecule has 2 aromatic rings. The Kier molecular flexibility index (Phi) is 4.86. The van der Waals surface area contributed by atoms with Crippen LogP contribution in [0.15, 0.2) is 34.2 Å². The van der Waals surface area contributed by atoms with Crippen LogP contribution in [0.4, 0.5) is 9.93 Å². The number of aromatic nitrogens is 2. The molecule has 2 N–H and O–H groups in total. The van der Waals surface area contributed by atoms with E-state index in [1.54, 1.807) is 5.51 Å². The van der Waals surface area contributed by atoms with Crippen LogP contribution in [0.1, 0.15) is 24.9 Å². The minimum atomic E-state index is -0.272. The Balaban J connectivity index is 1.98. The quantitative estimate of drug-likeness (QED) is 0.893. The van der Waals surface area contributed by atoms with Gasteiger partial charge in [0.2, 0.25) is 5.13 Å². The molecule has 100 valence electrons. The number of rotatable bonds is 4. The first-order valence-electron chi connectivity index (χ1n) is 5.78. The topological polar surface area (TPSA) is 66.9 Å². The molecule has 0 aliphatic carbocycles. The predicted molar refractivity (Wildman–Crippen MR) is 79.2 cm³/mol. The molecule has 0 aliphatic heterocycles. The van der Waals surface area contributed by atoms with Crippen molar-refractivity contribution in [3.63, 3.8) is 0 Å². The molecule has 2 rings (SSSR count). The summed E-state index contributed by atoms with van der Waals surface area (Å²) >= 11 is 4.68. The van der Waals surface area contributed by atoms with Gasteiger partial charge in [0.25, 0.3) is 0 Å². The minimum Gasteiger partial charge on any atom is -0.331 e. The third kappa shape index (κ3) is 4.00. The predicted octanol–water partition coefficient (Wildman–Crippen LogP) is 3.57. The zero-order valence-electron chi connectivity index (χ0n) is 10.3. The molecule has 0 unspecified atom stereocenters. The molecule has 5 nitrogen and oxygen atoms in total. The van der Waals surface area contributed by atoms with Gasteiger partial charge in [-0.15, -0.1) is 10.2 Å². The lowest BCUT2D eigenvalue weighted by molar-refractivity contribution is 0.248. The lowest BCUT2D eigenvalue weighted by Gasteiger charge is -2.17. The summed E-state index contributed by atoms with van der Waals surface area (Å²) < 4.78 is 1.02. The fourth-order valence-corrected chi connectivity index (χ4v) is 2.34. The summed E-state index contributed by atoms with van der Waals surface area (Å²) in [6.07, 6.45) is 0.811. The lowest BCUT2D eigenvalue weighted by Crippen LogP contribution is -2.32. The minimum absolute atomic E-state index is 0.0268. The normalized spacial score (nSPS) is 11.9. The Morgan fingerprint density at radius 3 is 2.74 bits per heavy atom. The summed E-state index contributed by atoms with van der Waals surface area (Å²) in [6.45, 7) is 2.03. The molecular formula is C12H13BrN4OS. The molecule has 1 heterocycles. The Morgan fingerprint density at radius 1 is 1.42 bits per heavy atom. The van der Waals surface area contributed by atoms with Crippen molar-refractivity contribution >= 4 is 38.4 Å². The molecule has 1 aromatic heterocycles. The van der Waals surface area contributed by atoms with E-state index in [9.17, 15) is 4.79 Å². The SMILES string of the molecule is CC[C@@H](NC(=O)Nc1nncs1)c1ccc(Br)cc1. The second kappa shape index (κ2) is 6.63. The van der Waals surface area contributed by atoms with Gasteiger partial charge in [0.1, 0.15) is 5.51 Å². The van der Waals surface area contributed by atoms with Gasteiger partial charge in [-0.1, -0.05) is 46.3 Å². The van der Waals surface area contributed by atoms with E-state index in [1.807, 2.05) is 31.2 Å². The monoisotopic (exact) mass is 340 g/mol. The van der Waals surface area contributed by atoms with Crippen molar-refractivity contribution in [2.45, 2.75) is 19.4 Å². The van der Waals surface area contributed by atoms with E-state index in [4.69, 9.17) is 0 Å². The third-order valence-corrected chi connectivity index (χ3v) is 3.70. The average Bonchev–Trinajstić information content (AvgIpc) is 2.90. The molecule has 0 saturated carbocycles. The standard InChI is InChI=1S/C12H13BrN4OS/c1-2-10(8-3-5-9(13)6-4-8)15-11(18)16-12-17-14-7-19-12/h3-7,10H,2H2,1H3,(H2,15,16,17,18)/t10-/m1/s1. The van der Waals surface area contributed by atoms with E-state index >= 15 is 0 Å². The number of carbonyl (C=O) groups is 1. The first kappa shape index (κ1) is 14.0. The number of hydrogen-bond acceptors (Lipinski definition) is 4. The van der Waals surface area contributed by atoms with E-state index in [0.717, 1.165) is 16.5 Å². The molecule has 0 fully saturated rings. The van der Waals surface area contributed by atoms with Crippen molar-refractivity contribution in [1.29, 1.82) is 0 Å². The molecule has 0 aliphatic rings. The summed E-state index contributed by atoms with van der Waals surface area (Å²) in [4.78, 5) is 11.8. The van der Waals surface area contributed by atoms with Crippen molar-refractivity contribution in [2.24, 2.45) is 0 Å². The first-order chi connectivity index (χ1) is 9.19. The van der Waals surface area contributed by atoms with Crippen LogP contribution < -0.4 is 10.6 Å². The fourth-order valence-electron chi connectivity index (χ4n) is 1.64. The largest absolute Gasteiger partial charge is 0.331 e. The summed E-state index contributed by atoms with van der Waals surface area (Å²) in [5.41, 5.74) is 2.64. The smallest absolute Gasteiger partial charge is 0.321 e. The lowest BCUT2D eigenvalue weighted by atomic mass is 10.1. The zero-order valence-corrected chi connectivity index (χ0v) is 12.7. The van der Waals surface area contributed by atoms with Gasteiger partial charge in [-0.05, 0) is 24.1 Å². The summed E-state index contributed by atoms with van der Waals surface area (Å²) in [7, 11) is 0. The summed E-state index contributed by atoms with van der Waals surface area (Å²) in [5.74, 6) is 0. The summed E-state index contributed by atoms with van der Waals surface area (Å²) in [5, 5.41) is 13.5. The maximum Gasteiger partial charge on any atom is 0.321 e. The van der Waals surface area contributed by atoms with Crippen LogP contribution >= 0.6 is 27.3 Å². The van der Waals surface area contributed by atoms with Gasteiger partial charge in [-0.25, -0.2) is 4.79 Å². The van der Waals surface area contributed by atoms with Gasteiger partial charge in [0.05, 0.1) is 6.04 Å². The Morgan fingerprint density at radius 2 is 2.16 bits per heavy atom. The number of urea groups is 1. The highest BCUT2D eigenvalue weighted by atomic mass is 79.9. The molecule has 1 aromatic carbocycles. The molecule has 0 bridgehead atoms. The molecule has 7 heteroatoms. The third-order valence-electron chi connectivity index (χ3n) is 2.57. The molecule has 0 spiro atoms. The molecule has 0 radical (unpaired) electrons. The van der Waals surface area contributed by atoms with E-state index < -0.39 is 0 Å². The van der Waals surface area contributed by atoms with Crippen molar-refractivity contribution in [3.8, 4) is 0 Å². The maximum absolute atomic E-state index is 11.8. The number of amides is 2. The summed E-state index contributed by atoms with van der Waals surface area (Å²) in [6, 6.07) is 7.60. The number of hydrogen-bond donors (Lipinski definition) is 2. The highest BCUT2D eigenvalue weighted by Crippen LogP contribution is 2.19. The van der Waals surface area contributed by atoms with Crippen LogP contribution in [0.5, 0.6) is 0 Å². The second-order valence-corrected chi connectivity index (χ2v) is 5.60. The Labute approximate surface area is 123 Å². The number of halogens is 1. The van der Waals surface area contributed by atoms with E-state index in [-0.39, 0.29) is 12.1 Å². The van der Waals surface area contributed by atoms with Gasteiger partial charge in [-0.3, -0.25) is 5.32 Å². The first-order valence-corrected chi connectivity index (χ1v) is 7.45. The van der Waals surface area contributed by atoms with E-state index in [1.165, 1.54) is 11.3 Å². The maximum atomic E-state index is 11.8. The average molecular weight is 341 g/mol. The molecule has 1 atom stereocenters. The number of anilines is 1. The van der Waals surface area contributed by atoms with Gasteiger partial charge < -0.3 is 5.32 Å². The molecule has 2 amide bonds. The van der Waals surface area contributed by atoms with Crippen LogP contribution in [-0.4, -0.2) is 16.2 Å². The van der Waals surface area contributed by atoms with E-state index in [0.29, 0.717) is 5.13 Å². The number of carbonyl (C=O) groups excluding carboxylic acids is 1. The number of nitrogens with zero attached hydrogens (tertiary/aromatic N) is 2. The highest BCUT2D eigenvalue weighted by molar-refractivity contribution is 9.10. The fraction of sp³-hybridized carbons (Fsp3) is 0.250. The second-order valence-electron chi connectivity index (χ2n) is 3.85. The van der Waals surface area contributed by atoms with Crippen LogP contribution in [0.2, 0.25) is 0 Å². The molecule has 0 saturated heterocycles. The van der Waals surface area contributed by atoms with Crippen LogP contribution in [0, 0.1) is 0 Å². The Bertz CT molecular complexity index is 529. The highest BCUT2D eigenvalue weighted by Gasteiger charge is 2.13. The van der Waals surface area contributed by atoms with Gasteiger partial charge in [0.15, 0.2) is 0 Å². The van der Waals surface area contributed by atoms with Crippen LogP contribution in [0.3, 0.4) is 0 Å². The zero-order chi connectivity index (χ0) is 13.7. The molecular weight excluding hydrogens is 328 g/mol. The van der Waals surface area contributed by atoms with Crippen molar-refractivity contribution in [3.05, 3.63) is 39.8 Å². The van der Waals surface area contributed by atoms with Crippen molar-refractivity contribution in [1.82, 2.24) is 15.5 Å². The van der Waals surface area contributed by atoms with Crippen LogP contribution in [-0.2, 0) is 0 Å². The van der Waals surface area contributed by atoms with Gasteiger partial charge >= 0.3 is 6.03 Å².